The molecule has 0 radical (unpaired) electrons. The minimum Gasteiger partial charge on any atom is -0.378 e. The number of nitrogen functional groups attached to an aromatic ring is 1. The van der Waals surface area contributed by atoms with Crippen LogP contribution in [0.3, 0.4) is 0 Å². The molecule has 1 saturated heterocycles. The Kier molecular flexibility index (Phi) is 2.97. The summed E-state index contributed by atoms with van der Waals surface area (Å²) in [5.74, 6) is 1.09. The quantitative estimate of drug-likeness (QED) is 0.910. The molecule has 0 aliphatic carbocycles. The normalized spacial score (nSPS) is 23.5. The molecule has 2 aromatic rings. The first-order valence-electron chi connectivity index (χ1n) is 6.88. The summed E-state index contributed by atoms with van der Waals surface area (Å²) in [7, 11) is 1.94. The molecule has 0 amide bonds. The molecule has 0 saturated carbocycles. The lowest BCUT2D eigenvalue weighted by molar-refractivity contribution is 0.0838. The van der Waals surface area contributed by atoms with Crippen LogP contribution in [0.4, 0.5) is 5.95 Å². The number of hydrogen-bond acceptors (Lipinski definition) is 4. The monoisotopic (exact) mass is 263 g/mol. The maximum atomic E-state index is 6.07. The van der Waals surface area contributed by atoms with Gasteiger partial charge < -0.3 is 10.5 Å². The van der Waals surface area contributed by atoms with E-state index in [0.717, 1.165) is 42.9 Å². The summed E-state index contributed by atoms with van der Waals surface area (Å²) in [6.07, 6.45) is 2.48. The molecule has 3 heterocycles. The number of imidazole rings is 1. The van der Waals surface area contributed by atoms with Crippen LogP contribution in [0.1, 0.15) is 25.5 Å². The lowest BCUT2D eigenvalue weighted by Gasteiger charge is -2.18. The van der Waals surface area contributed by atoms with Crippen molar-refractivity contribution in [2.45, 2.75) is 39.3 Å². The van der Waals surface area contributed by atoms with Crippen LogP contribution in [-0.4, -0.2) is 32.0 Å². The van der Waals surface area contributed by atoms with Gasteiger partial charge in [0.1, 0.15) is 5.52 Å². The number of rotatable bonds is 3. The van der Waals surface area contributed by atoms with Crippen LogP contribution in [0.25, 0.3) is 11.2 Å². The molecule has 6 heteroatoms. The Labute approximate surface area is 112 Å². The second kappa shape index (κ2) is 4.52. The molecule has 104 valence electrons. The predicted molar refractivity (Wildman–Crippen MR) is 73.8 cm³/mol. The SMILES string of the molecule is CCC1OCCC1Cn1c(N)nc2c(C)nn(C)c21. The van der Waals surface area contributed by atoms with Crippen LogP contribution in [-0.2, 0) is 18.3 Å². The van der Waals surface area contributed by atoms with Crippen molar-refractivity contribution in [3.8, 4) is 0 Å². The van der Waals surface area contributed by atoms with E-state index in [1.54, 1.807) is 0 Å². The fourth-order valence-corrected chi connectivity index (χ4v) is 3.12. The van der Waals surface area contributed by atoms with Crippen molar-refractivity contribution in [1.82, 2.24) is 19.3 Å². The highest BCUT2D eigenvalue weighted by molar-refractivity contribution is 5.77. The van der Waals surface area contributed by atoms with E-state index in [1.807, 2.05) is 18.7 Å². The van der Waals surface area contributed by atoms with Gasteiger partial charge in [-0.25, -0.2) is 4.98 Å². The smallest absolute Gasteiger partial charge is 0.202 e. The zero-order valence-electron chi connectivity index (χ0n) is 11.8. The molecule has 6 nitrogen and oxygen atoms in total. The average molecular weight is 263 g/mol. The van der Waals surface area contributed by atoms with Crippen molar-refractivity contribution < 1.29 is 4.74 Å². The third kappa shape index (κ3) is 1.90. The van der Waals surface area contributed by atoms with E-state index in [9.17, 15) is 0 Å². The first kappa shape index (κ1) is 12.5. The van der Waals surface area contributed by atoms with Crippen LogP contribution < -0.4 is 5.73 Å². The van der Waals surface area contributed by atoms with Crippen molar-refractivity contribution in [2.75, 3.05) is 12.3 Å². The Morgan fingerprint density at radius 2 is 2.26 bits per heavy atom. The number of fused-ring (bicyclic) bond motifs is 1. The fraction of sp³-hybridized carbons (Fsp3) is 0.692. The van der Waals surface area contributed by atoms with Gasteiger partial charge in [-0.3, -0.25) is 9.25 Å². The van der Waals surface area contributed by atoms with Crippen LogP contribution in [0.2, 0.25) is 0 Å². The molecule has 0 spiro atoms. The first-order valence-corrected chi connectivity index (χ1v) is 6.88. The number of nitrogens with two attached hydrogens (primary N) is 1. The highest BCUT2D eigenvalue weighted by atomic mass is 16.5. The first-order chi connectivity index (χ1) is 9.11. The minimum absolute atomic E-state index is 0.339. The Morgan fingerprint density at radius 1 is 1.47 bits per heavy atom. The molecule has 2 unspecified atom stereocenters. The second-order valence-electron chi connectivity index (χ2n) is 5.33. The van der Waals surface area contributed by atoms with Crippen molar-refractivity contribution in [2.24, 2.45) is 13.0 Å². The molecule has 1 aliphatic rings. The number of ether oxygens (including phenoxy) is 1. The maximum absolute atomic E-state index is 6.07. The van der Waals surface area contributed by atoms with Gasteiger partial charge >= 0.3 is 0 Å². The van der Waals surface area contributed by atoms with Crippen LogP contribution in [0.5, 0.6) is 0 Å². The zero-order chi connectivity index (χ0) is 13.6. The van der Waals surface area contributed by atoms with Gasteiger partial charge in [0.25, 0.3) is 0 Å². The molecule has 19 heavy (non-hydrogen) atoms. The number of hydrogen-bond donors (Lipinski definition) is 1. The molecule has 1 fully saturated rings. The van der Waals surface area contributed by atoms with Gasteiger partial charge in [-0.05, 0) is 19.8 Å². The van der Waals surface area contributed by atoms with Crippen LogP contribution >= 0.6 is 0 Å². The van der Waals surface area contributed by atoms with E-state index in [0.29, 0.717) is 18.0 Å². The van der Waals surface area contributed by atoms with Crippen molar-refractivity contribution in [3.05, 3.63) is 5.69 Å². The minimum atomic E-state index is 0.339. The third-order valence-corrected chi connectivity index (χ3v) is 4.09. The van der Waals surface area contributed by atoms with E-state index in [1.165, 1.54) is 0 Å². The van der Waals surface area contributed by atoms with Crippen molar-refractivity contribution in [3.63, 3.8) is 0 Å². The van der Waals surface area contributed by atoms with Crippen molar-refractivity contribution in [1.29, 1.82) is 0 Å². The molecular weight excluding hydrogens is 242 g/mol. The summed E-state index contributed by atoms with van der Waals surface area (Å²) >= 11 is 0. The highest BCUT2D eigenvalue weighted by Gasteiger charge is 2.28. The molecule has 0 bridgehead atoms. The molecule has 1 aliphatic heterocycles. The van der Waals surface area contributed by atoms with E-state index in [2.05, 4.69) is 21.6 Å². The Balaban J connectivity index is 1.98. The molecule has 2 aromatic heterocycles. The summed E-state index contributed by atoms with van der Waals surface area (Å²) in [6, 6.07) is 0. The van der Waals surface area contributed by atoms with Gasteiger partial charge in [-0.2, -0.15) is 5.10 Å². The van der Waals surface area contributed by atoms with E-state index >= 15 is 0 Å². The Hall–Kier alpha value is -1.56. The number of aryl methyl sites for hydroxylation is 2. The number of nitrogens with zero attached hydrogens (tertiary/aromatic N) is 4. The Bertz CT molecular complexity index is 600. The number of anilines is 1. The van der Waals surface area contributed by atoms with Gasteiger partial charge in [-0.15, -0.1) is 0 Å². The molecule has 2 N–H and O–H groups in total. The largest absolute Gasteiger partial charge is 0.378 e. The predicted octanol–water partition coefficient (Wildman–Crippen LogP) is 1.48. The van der Waals surface area contributed by atoms with Crippen LogP contribution in [0, 0.1) is 12.8 Å². The van der Waals surface area contributed by atoms with E-state index in [4.69, 9.17) is 10.5 Å². The summed E-state index contributed by atoms with van der Waals surface area (Å²) in [5.41, 5.74) is 8.92. The fourth-order valence-electron chi connectivity index (χ4n) is 3.12. The van der Waals surface area contributed by atoms with Gasteiger partial charge in [-0.1, -0.05) is 6.92 Å². The van der Waals surface area contributed by atoms with Crippen molar-refractivity contribution >= 4 is 17.1 Å². The third-order valence-electron chi connectivity index (χ3n) is 4.09. The van der Waals surface area contributed by atoms with E-state index < -0.39 is 0 Å². The standard InChI is InChI=1S/C13H21N5O/c1-4-10-9(5-6-19-10)7-18-12-11(15-13(18)14)8(2)16-17(12)3/h9-10H,4-7H2,1-3H3,(H2,14,15). The van der Waals surface area contributed by atoms with Gasteiger partial charge in [0.15, 0.2) is 5.65 Å². The second-order valence-corrected chi connectivity index (χ2v) is 5.33. The van der Waals surface area contributed by atoms with Gasteiger partial charge in [0.05, 0.1) is 11.8 Å². The summed E-state index contributed by atoms with van der Waals surface area (Å²) in [5, 5.41) is 4.41. The lowest BCUT2D eigenvalue weighted by atomic mass is 9.99. The maximum Gasteiger partial charge on any atom is 0.202 e. The molecule has 2 atom stereocenters. The number of aromatic nitrogens is 4. The summed E-state index contributed by atoms with van der Waals surface area (Å²) in [4.78, 5) is 4.44. The molecule has 0 aromatic carbocycles. The van der Waals surface area contributed by atoms with Crippen LogP contribution in [0.15, 0.2) is 0 Å². The zero-order valence-corrected chi connectivity index (χ0v) is 11.8. The van der Waals surface area contributed by atoms with Gasteiger partial charge in [0.2, 0.25) is 5.95 Å². The Morgan fingerprint density at radius 3 is 3.00 bits per heavy atom. The van der Waals surface area contributed by atoms with Gasteiger partial charge in [0, 0.05) is 26.1 Å². The summed E-state index contributed by atoms with van der Waals surface area (Å²) in [6.45, 7) is 5.85. The summed E-state index contributed by atoms with van der Waals surface area (Å²) < 4.78 is 9.70. The lowest BCUT2D eigenvalue weighted by Crippen LogP contribution is -2.21. The average Bonchev–Trinajstić information content (AvgIpc) is 3.01. The molecular formula is C13H21N5O. The topological polar surface area (TPSA) is 70.9 Å². The highest BCUT2D eigenvalue weighted by Crippen LogP contribution is 2.28. The van der Waals surface area contributed by atoms with E-state index in [-0.39, 0.29) is 0 Å². The molecule has 3 rings (SSSR count).